The van der Waals surface area contributed by atoms with Crippen molar-refractivity contribution in [1.29, 1.82) is 0 Å². The minimum atomic E-state index is 0.0353. The standard InChI is InChI=1S/C10H13BrClN/c1-2-4-9(13)10-7(11)5-3-6-8(10)12/h3,5-6,9H,2,4,13H2,1H3/t9-/m1/s1. The molecule has 0 aromatic heterocycles. The molecule has 0 aliphatic carbocycles. The summed E-state index contributed by atoms with van der Waals surface area (Å²) < 4.78 is 1.00. The fourth-order valence-corrected chi connectivity index (χ4v) is 2.41. The van der Waals surface area contributed by atoms with E-state index in [1.54, 1.807) is 0 Å². The zero-order chi connectivity index (χ0) is 9.84. The number of benzene rings is 1. The summed E-state index contributed by atoms with van der Waals surface area (Å²) in [5.74, 6) is 0. The van der Waals surface area contributed by atoms with Crippen LogP contribution in [0.2, 0.25) is 5.02 Å². The lowest BCUT2D eigenvalue weighted by Crippen LogP contribution is -2.10. The second kappa shape index (κ2) is 4.99. The SMILES string of the molecule is CCC[C@@H](N)c1c(Cl)cccc1Br. The van der Waals surface area contributed by atoms with Crippen molar-refractivity contribution < 1.29 is 0 Å². The molecule has 1 atom stereocenters. The largest absolute Gasteiger partial charge is 0.324 e. The summed E-state index contributed by atoms with van der Waals surface area (Å²) in [5.41, 5.74) is 7.01. The van der Waals surface area contributed by atoms with Gasteiger partial charge in [-0.1, -0.05) is 46.9 Å². The quantitative estimate of drug-likeness (QED) is 0.878. The Balaban J connectivity index is 2.98. The Morgan fingerprint density at radius 2 is 2.23 bits per heavy atom. The molecule has 0 saturated carbocycles. The number of halogens is 2. The molecule has 0 heterocycles. The molecule has 0 aliphatic heterocycles. The molecule has 0 spiro atoms. The topological polar surface area (TPSA) is 26.0 Å². The maximum Gasteiger partial charge on any atom is 0.0465 e. The minimum absolute atomic E-state index is 0.0353. The molecule has 0 bridgehead atoms. The molecule has 72 valence electrons. The predicted octanol–water partition coefficient (Wildman–Crippen LogP) is 3.90. The van der Waals surface area contributed by atoms with E-state index in [2.05, 4.69) is 22.9 Å². The Morgan fingerprint density at radius 3 is 2.77 bits per heavy atom. The first-order valence-electron chi connectivity index (χ1n) is 4.36. The molecule has 1 aromatic rings. The van der Waals surface area contributed by atoms with Crippen LogP contribution in [0.25, 0.3) is 0 Å². The molecule has 13 heavy (non-hydrogen) atoms. The highest BCUT2D eigenvalue weighted by Crippen LogP contribution is 2.31. The second-order valence-electron chi connectivity index (χ2n) is 3.03. The zero-order valence-corrected chi connectivity index (χ0v) is 9.90. The highest BCUT2D eigenvalue weighted by Gasteiger charge is 2.12. The summed E-state index contributed by atoms with van der Waals surface area (Å²) in [6.45, 7) is 2.12. The van der Waals surface area contributed by atoms with Gasteiger partial charge in [-0.15, -0.1) is 0 Å². The van der Waals surface area contributed by atoms with Crippen molar-refractivity contribution in [1.82, 2.24) is 0 Å². The lowest BCUT2D eigenvalue weighted by Gasteiger charge is -2.14. The number of hydrogen-bond acceptors (Lipinski definition) is 1. The highest BCUT2D eigenvalue weighted by atomic mass is 79.9. The van der Waals surface area contributed by atoms with Crippen molar-refractivity contribution in [2.75, 3.05) is 0 Å². The van der Waals surface area contributed by atoms with Crippen molar-refractivity contribution in [3.8, 4) is 0 Å². The van der Waals surface area contributed by atoms with E-state index in [4.69, 9.17) is 17.3 Å². The summed E-state index contributed by atoms with van der Waals surface area (Å²) >= 11 is 9.50. The zero-order valence-electron chi connectivity index (χ0n) is 7.56. The monoisotopic (exact) mass is 261 g/mol. The van der Waals surface area contributed by atoms with Crippen LogP contribution >= 0.6 is 27.5 Å². The fourth-order valence-electron chi connectivity index (χ4n) is 1.32. The van der Waals surface area contributed by atoms with Crippen molar-refractivity contribution in [2.45, 2.75) is 25.8 Å². The van der Waals surface area contributed by atoms with Crippen LogP contribution in [0.1, 0.15) is 31.4 Å². The summed E-state index contributed by atoms with van der Waals surface area (Å²) in [4.78, 5) is 0. The summed E-state index contributed by atoms with van der Waals surface area (Å²) in [7, 11) is 0. The van der Waals surface area contributed by atoms with Crippen LogP contribution in [0.3, 0.4) is 0 Å². The van der Waals surface area contributed by atoms with Crippen LogP contribution in [0.15, 0.2) is 22.7 Å². The third-order valence-corrected chi connectivity index (χ3v) is 2.99. The van der Waals surface area contributed by atoms with Gasteiger partial charge in [-0.2, -0.15) is 0 Å². The van der Waals surface area contributed by atoms with Gasteiger partial charge in [0.25, 0.3) is 0 Å². The van der Waals surface area contributed by atoms with Gasteiger partial charge in [0.2, 0.25) is 0 Å². The van der Waals surface area contributed by atoms with Gasteiger partial charge in [-0.3, -0.25) is 0 Å². The summed E-state index contributed by atoms with van der Waals surface area (Å²) in [5, 5.41) is 0.746. The van der Waals surface area contributed by atoms with E-state index in [0.717, 1.165) is 27.9 Å². The lowest BCUT2D eigenvalue weighted by atomic mass is 10.0. The van der Waals surface area contributed by atoms with Gasteiger partial charge < -0.3 is 5.73 Å². The third kappa shape index (κ3) is 2.70. The van der Waals surface area contributed by atoms with Crippen LogP contribution in [0.4, 0.5) is 0 Å². The molecule has 0 unspecified atom stereocenters. The molecule has 0 amide bonds. The molecular formula is C10H13BrClN. The first-order chi connectivity index (χ1) is 6.16. The highest BCUT2D eigenvalue weighted by molar-refractivity contribution is 9.10. The van der Waals surface area contributed by atoms with Crippen molar-refractivity contribution in [3.63, 3.8) is 0 Å². The van der Waals surface area contributed by atoms with Gasteiger partial charge in [-0.25, -0.2) is 0 Å². The molecule has 3 heteroatoms. The first kappa shape index (κ1) is 11.0. The molecule has 2 N–H and O–H groups in total. The van der Waals surface area contributed by atoms with Gasteiger partial charge in [0.1, 0.15) is 0 Å². The van der Waals surface area contributed by atoms with E-state index in [9.17, 15) is 0 Å². The molecule has 1 nitrogen and oxygen atoms in total. The molecular weight excluding hydrogens is 249 g/mol. The average molecular weight is 263 g/mol. The van der Waals surface area contributed by atoms with Crippen LogP contribution in [-0.2, 0) is 0 Å². The van der Waals surface area contributed by atoms with E-state index in [1.165, 1.54) is 0 Å². The molecule has 0 aliphatic rings. The summed E-state index contributed by atoms with van der Waals surface area (Å²) in [6, 6.07) is 5.79. The lowest BCUT2D eigenvalue weighted by molar-refractivity contribution is 0.636. The van der Waals surface area contributed by atoms with E-state index in [0.29, 0.717) is 0 Å². The van der Waals surface area contributed by atoms with Crippen LogP contribution < -0.4 is 5.73 Å². The molecule has 0 saturated heterocycles. The van der Waals surface area contributed by atoms with Gasteiger partial charge in [0.05, 0.1) is 0 Å². The van der Waals surface area contributed by atoms with E-state index < -0.39 is 0 Å². The van der Waals surface area contributed by atoms with Crippen LogP contribution in [0, 0.1) is 0 Å². The Morgan fingerprint density at radius 1 is 1.54 bits per heavy atom. The maximum atomic E-state index is 6.05. The van der Waals surface area contributed by atoms with Gasteiger partial charge in [0.15, 0.2) is 0 Å². The Kier molecular flexibility index (Phi) is 4.23. The van der Waals surface area contributed by atoms with Crippen molar-refractivity contribution >= 4 is 27.5 Å². The average Bonchev–Trinajstić information content (AvgIpc) is 2.04. The molecule has 1 rings (SSSR count). The normalized spacial score (nSPS) is 12.9. The van der Waals surface area contributed by atoms with Crippen LogP contribution in [0.5, 0.6) is 0 Å². The third-order valence-electron chi connectivity index (χ3n) is 1.97. The van der Waals surface area contributed by atoms with E-state index in [-0.39, 0.29) is 6.04 Å². The predicted molar refractivity (Wildman–Crippen MR) is 61.0 cm³/mol. The molecule has 1 aromatic carbocycles. The minimum Gasteiger partial charge on any atom is -0.324 e. The first-order valence-corrected chi connectivity index (χ1v) is 5.53. The van der Waals surface area contributed by atoms with Crippen molar-refractivity contribution in [3.05, 3.63) is 33.3 Å². The van der Waals surface area contributed by atoms with Crippen molar-refractivity contribution in [2.24, 2.45) is 5.73 Å². The van der Waals surface area contributed by atoms with E-state index in [1.807, 2.05) is 18.2 Å². The van der Waals surface area contributed by atoms with Crippen LogP contribution in [-0.4, -0.2) is 0 Å². The second-order valence-corrected chi connectivity index (χ2v) is 4.29. The fraction of sp³-hybridized carbons (Fsp3) is 0.400. The Bertz CT molecular complexity index is 268. The van der Waals surface area contributed by atoms with Gasteiger partial charge >= 0.3 is 0 Å². The number of rotatable bonds is 3. The Labute approximate surface area is 92.4 Å². The maximum absolute atomic E-state index is 6.05. The number of hydrogen-bond donors (Lipinski definition) is 1. The van der Waals surface area contributed by atoms with Gasteiger partial charge in [-0.05, 0) is 18.6 Å². The smallest absolute Gasteiger partial charge is 0.0465 e. The number of nitrogens with two attached hydrogens (primary N) is 1. The Hall–Kier alpha value is -0.0500. The molecule has 0 radical (unpaired) electrons. The van der Waals surface area contributed by atoms with Gasteiger partial charge in [0, 0.05) is 21.1 Å². The molecule has 0 fully saturated rings. The van der Waals surface area contributed by atoms with E-state index >= 15 is 0 Å². The summed E-state index contributed by atoms with van der Waals surface area (Å²) in [6.07, 6.45) is 2.03.